The zero-order valence-corrected chi connectivity index (χ0v) is 11.6. The Morgan fingerprint density at radius 1 is 1.47 bits per heavy atom. The fraction of sp³-hybridized carbons (Fsp3) is 0.727. The topological polar surface area (TPSA) is 55.3 Å². The number of ether oxygens (including phenoxy) is 1. The fourth-order valence-electron chi connectivity index (χ4n) is 1.32. The third-order valence-electron chi connectivity index (χ3n) is 2.25. The molecule has 0 amide bonds. The van der Waals surface area contributed by atoms with Gasteiger partial charge in [0, 0.05) is 24.0 Å². The van der Waals surface area contributed by atoms with Gasteiger partial charge < -0.3 is 9.64 Å². The molecule has 0 fully saturated rings. The number of esters is 1. The maximum absolute atomic E-state index is 11.5. The number of aromatic nitrogens is 2. The first-order chi connectivity index (χ1) is 8.08. The Kier molecular flexibility index (Phi) is 5.34. The molecule has 0 N–H and O–H groups in total. The zero-order chi connectivity index (χ0) is 12.8. The predicted octanol–water partition coefficient (Wildman–Crippen LogP) is 1.88. The van der Waals surface area contributed by atoms with Crippen LogP contribution >= 0.6 is 11.5 Å². The number of hydrogen-bond acceptors (Lipinski definition) is 6. The van der Waals surface area contributed by atoms with Crippen LogP contribution in [0.25, 0.3) is 0 Å². The SMILES string of the molecule is CCOC(=O)CN(c1nc(CC)ns1)C(C)C. The van der Waals surface area contributed by atoms with E-state index in [-0.39, 0.29) is 18.6 Å². The van der Waals surface area contributed by atoms with Crippen LogP contribution in [-0.2, 0) is 16.0 Å². The molecule has 0 unspecified atom stereocenters. The number of nitrogens with zero attached hydrogens (tertiary/aromatic N) is 3. The van der Waals surface area contributed by atoms with Gasteiger partial charge in [-0.25, -0.2) is 4.98 Å². The molecule has 0 aliphatic rings. The van der Waals surface area contributed by atoms with Crippen LogP contribution in [0.1, 0.15) is 33.5 Å². The van der Waals surface area contributed by atoms with Crippen molar-refractivity contribution >= 4 is 22.6 Å². The smallest absolute Gasteiger partial charge is 0.325 e. The van der Waals surface area contributed by atoms with E-state index >= 15 is 0 Å². The van der Waals surface area contributed by atoms with Crippen molar-refractivity contribution in [3.63, 3.8) is 0 Å². The van der Waals surface area contributed by atoms with Gasteiger partial charge in [0.05, 0.1) is 6.61 Å². The quantitative estimate of drug-likeness (QED) is 0.728. The molecule has 1 aromatic rings. The number of hydrogen-bond donors (Lipinski definition) is 0. The maximum atomic E-state index is 11.5. The molecule has 17 heavy (non-hydrogen) atoms. The number of rotatable bonds is 6. The first kappa shape index (κ1) is 13.9. The number of aryl methyl sites for hydroxylation is 1. The van der Waals surface area contributed by atoms with E-state index in [4.69, 9.17) is 4.74 Å². The van der Waals surface area contributed by atoms with E-state index in [2.05, 4.69) is 9.36 Å². The highest BCUT2D eigenvalue weighted by Crippen LogP contribution is 2.19. The van der Waals surface area contributed by atoms with Gasteiger partial charge in [-0.1, -0.05) is 6.92 Å². The summed E-state index contributed by atoms with van der Waals surface area (Å²) in [6.45, 7) is 8.48. The van der Waals surface area contributed by atoms with Crippen molar-refractivity contribution in [2.45, 2.75) is 40.2 Å². The van der Waals surface area contributed by atoms with Gasteiger partial charge in [0.15, 0.2) is 0 Å². The minimum atomic E-state index is -0.227. The Hall–Kier alpha value is -1.17. The van der Waals surface area contributed by atoms with Crippen molar-refractivity contribution in [2.24, 2.45) is 0 Å². The van der Waals surface area contributed by atoms with Crippen molar-refractivity contribution in [3.05, 3.63) is 5.82 Å². The standard InChI is InChI=1S/C11H19N3O2S/c1-5-9-12-11(17-13-9)14(8(3)4)7-10(15)16-6-2/h8H,5-7H2,1-4H3. The van der Waals surface area contributed by atoms with Gasteiger partial charge >= 0.3 is 5.97 Å². The van der Waals surface area contributed by atoms with E-state index in [1.165, 1.54) is 11.5 Å². The van der Waals surface area contributed by atoms with Crippen LogP contribution in [0.3, 0.4) is 0 Å². The van der Waals surface area contributed by atoms with Crippen LogP contribution in [0.15, 0.2) is 0 Å². The molecular formula is C11H19N3O2S. The molecule has 6 heteroatoms. The molecule has 5 nitrogen and oxygen atoms in total. The van der Waals surface area contributed by atoms with E-state index in [9.17, 15) is 4.79 Å². The molecule has 96 valence electrons. The second-order valence-corrected chi connectivity index (χ2v) is 4.60. The Morgan fingerprint density at radius 2 is 2.18 bits per heavy atom. The third-order valence-corrected chi connectivity index (χ3v) is 3.04. The molecule has 0 saturated carbocycles. The Balaban J connectivity index is 2.75. The maximum Gasteiger partial charge on any atom is 0.325 e. The van der Waals surface area contributed by atoms with Crippen LogP contribution in [0, 0.1) is 0 Å². The van der Waals surface area contributed by atoms with Gasteiger partial charge in [-0.15, -0.1) is 0 Å². The minimum Gasteiger partial charge on any atom is -0.465 e. The molecule has 1 heterocycles. The highest BCUT2D eigenvalue weighted by molar-refractivity contribution is 7.09. The zero-order valence-electron chi connectivity index (χ0n) is 10.8. The van der Waals surface area contributed by atoms with Crippen molar-refractivity contribution in [1.29, 1.82) is 0 Å². The molecule has 0 aliphatic carbocycles. The Bertz CT molecular complexity index is 365. The lowest BCUT2D eigenvalue weighted by Gasteiger charge is -2.24. The average molecular weight is 257 g/mol. The van der Waals surface area contributed by atoms with E-state index in [1.807, 2.05) is 25.7 Å². The molecule has 0 bridgehead atoms. The molecule has 1 aromatic heterocycles. The summed E-state index contributed by atoms with van der Waals surface area (Å²) in [5, 5.41) is 0.782. The van der Waals surface area contributed by atoms with Crippen LogP contribution in [0.2, 0.25) is 0 Å². The summed E-state index contributed by atoms with van der Waals surface area (Å²) in [5.41, 5.74) is 0. The monoisotopic (exact) mass is 257 g/mol. The normalized spacial score (nSPS) is 10.6. The van der Waals surface area contributed by atoms with Crippen LogP contribution in [-0.4, -0.2) is 34.5 Å². The lowest BCUT2D eigenvalue weighted by Crippen LogP contribution is -2.36. The van der Waals surface area contributed by atoms with E-state index in [0.29, 0.717) is 6.61 Å². The van der Waals surface area contributed by atoms with E-state index < -0.39 is 0 Å². The summed E-state index contributed by atoms with van der Waals surface area (Å²) in [5.74, 6) is 0.592. The molecule has 0 aromatic carbocycles. The number of anilines is 1. The predicted molar refractivity (Wildman–Crippen MR) is 68.4 cm³/mol. The lowest BCUT2D eigenvalue weighted by atomic mass is 10.3. The third kappa shape index (κ3) is 3.96. The van der Waals surface area contributed by atoms with Crippen molar-refractivity contribution in [2.75, 3.05) is 18.1 Å². The summed E-state index contributed by atoms with van der Waals surface area (Å²) in [6, 6.07) is 0.192. The summed E-state index contributed by atoms with van der Waals surface area (Å²) in [4.78, 5) is 17.8. The number of carbonyl (C=O) groups is 1. The Morgan fingerprint density at radius 3 is 2.65 bits per heavy atom. The van der Waals surface area contributed by atoms with Gasteiger partial charge in [-0.2, -0.15) is 4.37 Å². The summed E-state index contributed by atoms with van der Waals surface area (Å²) < 4.78 is 9.18. The molecule has 0 atom stereocenters. The molecule has 1 rings (SSSR count). The van der Waals surface area contributed by atoms with Gasteiger partial charge in [0.1, 0.15) is 12.4 Å². The van der Waals surface area contributed by atoms with Gasteiger partial charge in [0.2, 0.25) is 5.13 Å². The average Bonchev–Trinajstić information content (AvgIpc) is 2.74. The highest BCUT2D eigenvalue weighted by Gasteiger charge is 2.19. The highest BCUT2D eigenvalue weighted by atomic mass is 32.1. The largest absolute Gasteiger partial charge is 0.465 e. The van der Waals surface area contributed by atoms with Gasteiger partial charge in [-0.05, 0) is 20.8 Å². The van der Waals surface area contributed by atoms with E-state index in [0.717, 1.165) is 17.4 Å². The lowest BCUT2D eigenvalue weighted by molar-refractivity contribution is -0.141. The summed E-state index contributed by atoms with van der Waals surface area (Å²) in [6.07, 6.45) is 0.807. The molecule has 0 aliphatic heterocycles. The second-order valence-electron chi connectivity index (χ2n) is 3.87. The molecular weight excluding hydrogens is 238 g/mol. The van der Waals surface area contributed by atoms with Gasteiger partial charge in [0.25, 0.3) is 0 Å². The fourth-order valence-corrected chi connectivity index (χ4v) is 2.21. The van der Waals surface area contributed by atoms with Crippen molar-refractivity contribution in [3.8, 4) is 0 Å². The molecule has 0 radical (unpaired) electrons. The van der Waals surface area contributed by atoms with Crippen molar-refractivity contribution < 1.29 is 9.53 Å². The molecule has 0 saturated heterocycles. The first-order valence-electron chi connectivity index (χ1n) is 5.83. The Labute approximate surface area is 106 Å². The van der Waals surface area contributed by atoms with Crippen LogP contribution < -0.4 is 4.90 Å². The van der Waals surface area contributed by atoms with Crippen molar-refractivity contribution in [1.82, 2.24) is 9.36 Å². The van der Waals surface area contributed by atoms with E-state index in [1.54, 1.807) is 6.92 Å². The minimum absolute atomic E-state index is 0.192. The van der Waals surface area contributed by atoms with Gasteiger partial charge in [-0.3, -0.25) is 4.79 Å². The second kappa shape index (κ2) is 6.54. The summed E-state index contributed by atoms with van der Waals surface area (Å²) in [7, 11) is 0. The van der Waals surface area contributed by atoms with Crippen LogP contribution in [0.5, 0.6) is 0 Å². The molecule has 0 spiro atoms. The first-order valence-corrected chi connectivity index (χ1v) is 6.60. The van der Waals surface area contributed by atoms with Crippen LogP contribution in [0.4, 0.5) is 5.13 Å². The summed E-state index contributed by atoms with van der Waals surface area (Å²) >= 11 is 1.33. The number of carbonyl (C=O) groups excluding carboxylic acids is 1.